The summed E-state index contributed by atoms with van der Waals surface area (Å²) in [6.07, 6.45) is 0.917. The second-order valence-corrected chi connectivity index (χ2v) is 5.81. The largest absolute Gasteiger partial charge is 0.325 e. The number of benzene rings is 1. The minimum absolute atomic E-state index is 0.0116. The molecule has 1 aliphatic rings. The third-order valence-corrected chi connectivity index (χ3v) is 4.69. The second-order valence-electron chi connectivity index (χ2n) is 4.61. The molecule has 2 aromatic rings. The summed E-state index contributed by atoms with van der Waals surface area (Å²) < 4.78 is 0. The molecule has 1 atom stereocenters. The van der Waals surface area contributed by atoms with E-state index < -0.39 is 10.8 Å². The van der Waals surface area contributed by atoms with E-state index in [-0.39, 0.29) is 11.6 Å². The van der Waals surface area contributed by atoms with Gasteiger partial charge in [0.25, 0.3) is 5.69 Å². The zero-order chi connectivity index (χ0) is 14.3. The van der Waals surface area contributed by atoms with Crippen LogP contribution >= 0.6 is 11.3 Å². The van der Waals surface area contributed by atoms with E-state index in [4.69, 9.17) is 0 Å². The Hall–Kier alpha value is -2.21. The molecule has 2 heterocycles. The lowest BCUT2D eigenvalue weighted by atomic mass is 9.98. The van der Waals surface area contributed by atoms with Crippen LogP contribution in [0.4, 0.5) is 11.4 Å². The van der Waals surface area contributed by atoms with Crippen molar-refractivity contribution in [1.29, 1.82) is 0 Å². The Morgan fingerprint density at radius 1 is 1.35 bits per heavy atom. The van der Waals surface area contributed by atoms with Gasteiger partial charge >= 0.3 is 0 Å². The zero-order valence-corrected chi connectivity index (χ0v) is 11.6. The summed E-state index contributed by atoms with van der Waals surface area (Å²) in [6, 6.07) is 8.43. The molecule has 1 N–H and O–H groups in total. The number of non-ortho nitro benzene ring substituents is 1. The summed E-state index contributed by atoms with van der Waals surface area (Å²) in [5.41, 5.74) is 1.36. The maximum absolute atomic E-state index is 12.1. The highest BCUT2D eigenvalue weighted by molar-refractivity contribution is 7.12. The van der Waals surface area contributed by atoms with E-state index in [1.54, 1.807) is 17.4 Å². The first kappa shape index (κ1) is 12.8. The van der Waals surface area contributed by atoms with Crippen LogP contribution in [0.15, 0.2) is 30.3 Å². The predicted molar refractivity (Wildman–Crippen MR) is 77.3 cm³/mol. The molecule has 1 aromatic heterocycles. The number of aryl methyl sites for hydroxylation is 1. The highest BCUT2D eigenvalue weighted by Crippen LogP contribution is 2.41. The third-order valence-electron chi connectivity index (χ3n) is 3.39. The van der Waals surface area contributed by atoms with Gasteiger partial charge in [-0.05, 0) is 24.6 Å². The summed E-state index contributed by atoms with van der Waals surface area (Å²) in [6.45, 7) is 2.06. The first-order chi connectivity index (χ1) is 9.60. The maximum atomic E-state index is 12.1. The number of hydrogen-bond acceptors (Lipinski definition) is 4. The highest BCUT2D eigenvalue weighted by Gasteiger charge is 2.34. The molecule has 3 rings (SSSR count). The van der Waals surface area contributed by atoms with Crippen LogP contribution in [-0.2, 0) is 11.2 Å². The molecule has 1 aliphatic heterocycles. The molecule has 0 aliphatic carbocycles. The van der Waals surface area contributed by atoms with Crippen molar-refractivity contribution in [1.82, 2.24) is 0 Å². The van der Waals surface area contributed by atoms with E-state index in [0.29, 0.717) is 11.3 Å². The van der Waals surface area contributed by atoms with E-state index in [2.05, 4.69) is 12.2 Å². The van der Waals surface area contributed by atoms with Crippen LogP contribution in [0.3, 0.4) is 0 Å². The van der Waals surface area contributed by atoms with E-state index in [1.807, 2.05) is 12.1 Å². The topological polar surface area (TPSA) is 72.2 Å². The summed E-state index contributed by atoms with van der Waals surface area (Å²) in [5.74, 6) is -0.555. The molecule has 0 saturated carbocycles. The normalized spacial score (nSPS) is 16.9. The Morgan fingerprint density at radius 3 is 2.80 bits per heavy atom. The van der Waals surface area contributed by atoms with E-state index >= 15 is 0 Å². The van der Waals surface area contributed by atoms with Crippen molar-refractivity contribution in [3.8, 4) is 0 Å². The van der Waals surface area contributed by atoms with Gasteiger partial charge in [0.2, 0.25) is 5.91 Å². The fraction of sp³-hybridized carbons (Fsp3) is 0.214. The number of hydrogen-bond donors (Lipinski definition) is 1. The highest BCUT2D eigenvalue weighted by atomic mass is 32.1. The average Bonchev–Trinajstić information content (AvgIpc) is 3.00. The molecule has 0 fully saturated rings. The number of anilines is 1. The Balaban J connectivity index is 2.08. The number of thiophene rings is 1. The second kappa shape index (κ2) is 4.72. The van der Waals surface area contributed by atoms with Crippen molar-refractivity contribution in [3.63, 3.8) is 0 Å². The molecule has 1 aromatic carbocycles. The Labute approximate surface area is 119 Å². The van der Waals surface area contributed by atoms with Crippen LogP contribution in [0.25, 0.3) is 0 Å². The Morgan fingerprint density at radius 2 is 2.15 bits per heavy atom. The van der Waals surface area contributed by atoms with Gasteiger partial charge in [0.1, 0.15) is 0 Å². The number of nitro benzene ring substituents is 1. The molecule has 102 valence electrons. The van der Waals surface area contributed by atoms with Gasteiger partial charge in [-0.15, -0.1) is 11.3 Å². The first-order valence-electron chi connectivity index (χ1n) is 6.28. The number of fused-ring (bicyclic) bond motifs is 1. The fourth-order valence-electron chi connectivity index (χ4n) is 2.38. The molecule has 1 amide bonds. The van der Waals surface area contributed by atoms with E-state index in [9.17, 15) is 14.9 Å². The third kappa shape index (κ3) is 1.98. The van der Waals surface area contributed by atoms with Crippen molar-refractivity contribution in [2.75, 3.05) is 5.32 Å². The number of carbonyl (C=O) groups excluding carboxylic acids is 1. The summed E-state index contributed by atoms with van der Waals surface area (Å²) >= 11 is 1.58. The number of rotatable bonds is 3. The molecule has 6 heteroatoms. The van der Waals surface area contributed by atoms with Crippen molar-refractivity contribution in [2.24, 2.45) is 0 Å². The van der Waals surface area contributed by atoms with Crippen LogP contribution in [0.2, 0.25) is 0 Å². The summed E-state index contributed by atoms with van der Waals surface area (Å²) in [4.78, 5) is 24.7. The van der Waals surface area contributed by atoms with Crippen LogP contribution in [0.1, 0.15) is 28.2 Å². The van der Waals surface area contributed by atoms with Gasteiger partial charge in [-0.3, -0.25) is 14.9 Å². The lowest BCUT2D eigenvalue weighted by Crippen LogP contribution is -2.11. The monoisotopic (exact) mass is 288 g/mol. The van der Waals surface area contributed by atoms with E-state index in [1.165, 1.54) is 17.0 Å². The van der Waals surface area contributed by atoms with Crippen molar-refractivity contribution in [2.45, 2.75) is 19.3 Å². The minimum Gasteiger partial charge on any atom is -0.325 e. The van der Waals surface area contributed by atoms with Crippen LogP contribution < -0.4 is 5.32 Å². The summed E-state index contributed by atoms with van der Waals surface area (Å²) in [7, 11) is 0. The van der Waals surface area contributed by atoms with Crippen molar-refractivity contribution in [3.05, 3.63) is 55.8 Å². The first-order valence-corrected chi connectivity index (χ1v) is 7.09. The number of nitrogens with one attached hydrogen (secondary N) is 1. The smallest absolute Gasteiger partial charge is 0.269 e. The molecule has 0 radical (unpaired) electrons. The molecular formula is C14H12N2O3S. The molecule has 5 nitrogen and oxygen atoms in total. The lowest BCUT2D eigenvalue weighted by molar-refractivity contribution is -0.384. The standard InChI is InChI=1S/C14H12N2O3S/c1-2-9-4-6-12(20-9)13-10-7-8(16(18)19)3-5-11(10)15-14(13)17/h3-7,13H,2H2,1H3,(H,15,17). The minimum atomic E-state index is -0.438. The van der Waals surface area contributed by atoms with Gasteiger partial charge in [0.15, 0.2) is 0 Å². The van der Waals surface area contributed by atoms with Gasteiger partial charge < -0.3 is 5.32 Å². The van der Waals surface area contributed by atoms with Crippen molar-refractivity contribution < 1.29 is 9.72 Å². The lowest BCUT2D eigenvalue weighted by Gasteiger charge is -2.05. The Kier molecular flexibility index (Phi) is 3.02. The number of amides is 1. The number of carbonyl (C=O) groups is 1. The SMILES string of the molecule is CCc1ccc(C2C(=O)Nc3ccc([N+](=O)[O-])cc32)s1. The molecular weight excluding hydrogens is 276 g/mol. The van der Waals surface area contributed by atoms with Gasteiger partial charge in [0.05, 0.1) is 10.8 Å². The quantitative estimate of drug-likeness (QED) is 0.695. The average molecular weight is 288 g/mol. The predicted octanol–water partition coefficient (Wildman–Crippen LogP) is 3.30. The van der Waals surface area contributed by atoms with Crippen LogP contribution in [0, 0.1) is 10.1 Å². The zero-order valence-electron chi connectivity index (χ0n) is 10.8. The van der Waals surface area contributed by atoms with Gasteiger partial charge in [-0.2, -0.15) is 0 Å². The van der Waals surface area contributed by atoms with Gasteiger partial charge in [-0.1, -0.05) is 6.92 Å². The number of nitrogens with zero attached hydrogens (tertiary/aromatic N) is 1. The fourth-order valence-corrected chi connectivity index (χ4v) is 3.46. The van der Waals surface area contributed by atoms with Crippen LogP contribution in [0.5, 0.6) is 0 Å². The molecule has 0 bridgehead atoms. The van der Waals surface area contributed by atoms with Gasteiger partial charge in [-0.25, -0.2) is 0 Å². The van der Waals surface area contributed by atoms with Crippen LogP contribution in [-0.4, -0.2) is 10.8 Å². The number of nitro groups is 1. The molecule has 20 heavy (non-hydrogen) atoms. The molecule has 1 unspecified atom stereocenters. The van der Waals surface area contributed by atoms with Crippen molar-refractivity contribution >= 4 is 28.6 Å². The summed E-state index contributed by atoms with van der Waals surface area (Å²) in [5, 5.41) is 13.7. The van der Waals surface area contributed by atoms with Gasteiger partial charge in [0, 0.05) is 33.1 Å². The van der Waals surface area contributed by atoms with E-state index in [0.717, 1.165) is 11.3 Å². The maximum Gasteiger partial charge on any atom is 0.269 e. The molecule has 0 saturated heterocycles. The molecule has 0 spiro atoms. The Bertz CT molecular complexity index is 708.